The van der Waals surface area contributed by atoms with Gasteiger partial charge in [-0.25, -0.2) is 4.98 Å². The summed E-state index contributed by atoms with van der Waals surface area (Å²) in [5.41, 5.74) is 3.56. The lowest BCUT2D eigenvalue weighted by Crippen LogP contribution is -2.36. The molecule has 0 saturated carbocycles. The van der Waals surface area contributed by atoms with E-state index in [1.54, 1.807) is 17.5 Å². The number of rotatable bonds is 7. The molecule has 3 N–H and O–H groups in total. The molecule has 1 aliphatic rings. The number of nitrogens with zero attached hydrogens (tertiary/aromatic N) is 2. The SMILES string of the molecule is O=C(NCCc1ccc(O)cc1)c1csc(Nc2ccc(N3CCOCC3)cc2)n1. The zero-order chi connectivity index (χ0) is 20.8. The van der Waals surface area contributed by atoms with Gasteiger partial charge in [-0.2, -0.15) is 0 Å². The predicted octanol–water partition coefficient (Wildman–Crippen LogP) is 3.40. The van der Waals surface area contributed by atoms with Gasteiger partial charge in [0.2, 0.25) is 0 Å². The van der Waals surface area contributed by atoms with E-state index in [1.807, 2.05) is 24.3 Å². The molecule has 1 fully saturated rings. The van der Waals surface area contributed by atoms with Crippen molar-refractivity contribution >= 4 is 33.8 Å². The average Bonchev–Trinajstić information content (AvgIpc) is 3.25. The average molecular weight is 425 g/mol. The minimum atomic E-state index is -0.194. The van der Waals surface area contributed by atoms with E-state index >= 15 is 0 Å². The monoisotopic (exact) mass is 424 g/mol. The van der Waals surface area contributed by atoms with Crippen LogP contribution in [0.3, 0.4) is 0 Å². The van der Waals surface area contributed by atoms with Crippen LogP contribution in [0.2, 0.25) is 0 Å². The van der Waals surface area contributed by atoms with Crippen molar-refractivity contribution in [1.82, 2.24) is 10.3 Å². The molecule has 0 aliphatic carbocycles. The zero-order valence-corrected chi connectivity index (χ0v) is 17.3. The Kier molecular flexibility index (Phi) is 6.46. The third-order valence-electron chi connectivity index (χ3n) is 4.87. The van der Waals surface area contributed by atoms with Gasteiger partial charge < -0.3 is 25.4 Å². The molecule has 2 heterocycles. The fourth-order valence-electron chi connectivity index (χ4n) is 3.21. The minimum Gasteiger partial charge on any atom is -0.508 e. The summed E-state index contributed by atoms with van der Waals surface area (Å²) in [4.78, 5) is 19.0. The number of morpholine rings is 1. The first-order chi connectivity index (χ1) is 14.7. The Hall–Kier alpha value is -3.10. The molecule has 2 aromatic carbocycles. The molecule has 0 unspecified atom stereocenters. The number of benzene rings is 2. The van der Waals surface area contributed by atoms with Crippen LogP contribution in [0.1, 0.15) is 16.1 Å². The van der Waals surface area contributed by atoms with Crippen molar-refractivity contribution in [3.63, 3.8) is 0 Å². The number of nitrogens with one attached hydrogen (secondary N) is 2. The Balaban J connectivity index is 1.27. The van der Waals surface area contributed by atoms with Gasteiger partial charge in [0.1, 0.15) is 11.4 Å². The molecule has 0 spiro atoms. The van der Waals surface area contributed by atoms with Crippen LogP contribution in [-0.2, 0) is 11.2 Å². The van der Waals surface area contributed by atoms with E-state index in [-0.39, 0.29) is 11.7 Å². The number of aromatic nitrogens is 1. The number of carbonyl (C=O) groups excluding carboxylic acids is 1. The maximum absolute atomic E-state index is 12.3. The molecule has 0 bridgehead atoms. The molecular weight excluding hydrogens is 400 g/mol. The van der Waals surface area contributed by atoms with Gasteiger partial charge in [-0.15, -0.1) is 11.3 Å². The van der Waals surface area contributed by atoms with E-state index in [0.717, 1.165) is 37.6 Å². The van der Waals surface area contributed by atoms with E-state index in [9.17, 15) is 9.90 Å². The number of thiazole rings is 1. The van der Waals surface area contributed by atoms with Crippen molar-refractivity contribution in [2.24, 2.45) is 0 Å². The van der Waals surface area contributed by atoms with Crippen LogP contribution < -0.4 is 15.5 Å². The van der Waals surface area contributed by atoms with E-state index < -0.39 is 0 Å². The molecule has 1 amide bonds. The summed E-state index contributed by atoms with van der Waals surface area (Å²) in [7, 11) is 0. The summed E-state index contributed by atoms with van der Waals surface area (Å²) < 4.78 is 5.39. The Morgan fingerprint density at radius 1 is 1.10 bits per heavy atom. The Morgan fingerprint density at radius 3 is 2.57 bits per heavy atom. The van der Waals surface area contributed by atoms with E-state index in [2.05, 4.69) is 32.7 Å². The molecule has 0 atom stereocenters. The fraction of sp³-hybridized carbons (Fsp3) is 0.273. The van der Waals surface area contributed by atoms with Crippen molar-refractivity contribution in [3.8, 4) is 5.75 Å². The maximum Gasteiger partial charge on any atom is 0.270 e. The first-order valence-corrected chi connectivity index (χ1v) is 10.8. The Morgan fingerprint density at radius 2 is 1.83 bits per heavy atom. The summed E-state index contributed by atoms with van der Waals surface area (Å²) in [6.07, 6.45) is 0.691. The van der Waals surface area contributed by atoms with Crippen LogP contribution >= 0.6 is 11.3 Å². The molecule has 7 nitrogen and oxygen atoms in total. The van der Waals surface area contributed by atoms with Crippen molar-refractivity contribution in [3.05, 3.63) is 65.2 Å². The fourth-order valence-corrected chi connectivity index (χ4v) is 3.92. The standard InChI is InChI=1S/C22H24N4O3S/c27-19-7-1-16(2-8-19)9-10-23-21(28)20-15-30-22(25-20)24-17-3-5-18(6-4-17)26-11-13-29-14-12-26/h1-8,15,27H,9-14H2,(H,23,28)(H,24,25). The normalized spacial score (nSPS) is 13.8. The number of phenolic OH excluding ortho intramolecular Hbond substituents is 1. The Bertz CT molecular complexity index is 967. The van der Waals surface area contributed by atoms with Gasteiger partial charge in [0, 0.05) is 36.4 Å². The zero-order valence-electron chi connectivity index (χ0n) is 16.5. The second-order valence-electron chi connectivity index (χ2n) is 6.98. The number of ether oxygens (including phenoxy) is 1. The van der Waals surface area contributed by atoms with Crippen LogP contribution in [0.4, 0.5) is 16.5 Å². The third kappa shape index (κ3) is 5.28. The van der Waals surface area contributed by atoms with Gasteiger partial charge >= 0.3 is 0 Å². The molecule has 4 rings (SSSR count). The lowest BCUT2D eigenvalue weighted by Gasteiger charge is -2.28. The molecule has 8 heteroatoms. The van der Waals surface area contributed by atoms with E-state index in [4.69, 9.17) is 4.74 Å². The number of hydrogen-bond acceptors (Lipinski definition) is 7. The molecule has 1 aromatic heterocycles. The molecule has 30 heavy (non-hydrogen) atoms. The Labute approximate surface area is 179 Å². The second-order valence-corrected chi connectivity index (χ2v) is 7.84. The van der Waals surface area contributed by atoms with Gasteiger partial charge in [0.15, 0.2) is 5.13 Å². The van der Waals surface area contributed by atoms with Gasteiger partial charge in [0.25, 0.3) is 5.91 Å². The van der Waals surface area contributed by atoms with Crippen LogP contribution in [0.5, 0.6) is 5.75 Å². The molecule has 3 aromatic rings. The summed E-state index contributed by atoms with van der Waals surface area (Å²) in [5, 5.41) is 17.9. The van der Waals surface area contributed by atoms with Crippen LogP contribution in [0.25, 0.3) is 0 Å². The van der Waals surface area contributed by atoms with Crippen molar-refractivity contribution in [2.45, 2.75) is 6.42 Å². The molecular formula is C22H24N4O3S. The largest absolute Gasteiger partial charge is 0.508 e. The second kappa shape index (κ2) is 9.60. The number of hydrogen-bond donors (Lipinski definition) is 3. The molecule has 0 radical (unpaired) electrons. The highest BCUT2D eigenvalue weighted by atomic mass is 32.1. The van der Waals surface area contributed by atoms with Crippen LogP contribution in [0.15, 0.2) is 53.9 Å². The van der Waals surface area contributed by atoms with Gasteiger partial charge in [-0.05, 0) is 48.4 Å². The number of amides is 1. The summed E-state index contributed by atoms with van der Waals surface area (Å²) in [6.45, 7) is 3.85. The van der Waals surface area contributed by atoms with Gasteiger partial charge in [-0.3, -0.25) is 4.79 Å². The van der Waals surface area contributed by atoms with Crippen molar-refractivity contribution in [2.75, 3.05) is 43.1 Å². The number of aromatic hydroxyl groups is 1. The number of phenols is 1. The number of carbonyl (C=O) groups is 1. The topological polar surface area (TPSA) is 86.7 Å². The maximum atomic E-state index is 12.3. The van der Waals surface area contributed by atoms with E-state index in [0.29, 0.717) is 23.8 Å². The van der Waals surface area contributed by atoms with Crippen LogP contribution in [0, 0.1) is 0 Å². The van der Waals surface area contributed by atoms with E-state index in [1.165, 1.54) is 17.0 Å². The smallest absolute Gasteiger partial charge is 0.270 e. The van der Waals surface area contributed by atoms with Crippen molar-refractivity contribution in [1.29, 1.82) is 0 Å². The van der Waals surface area contributed by atoms with Crippen molar-refractivity contribution < 1.29 is 14.6 Å². The van der Waals surface area contributed by atoms with Crippen LogP contribution in [-0.4, -0.2) is 48.8 Å². The summed E-state index contributed by atoms with van der Waals surface area (Å²) in [6, 6.07) is 15.2. The highest BCUT2D eigenvalue weighted by molar-refractivity contribution is 7.14. The lowest BCUT2D eigenvalue weighted by atomic mass is 10.1. The van der Waals surface area contributed by atoms with Gasteiger partial charge in [-0.1, -0.05) is 12.1 Å². The van der Waals surface area contributed by atoms with Gasteiger partial charge in [0.05, 0.1) is 13.2 Å². The third-order valence-corrected chi connectivity index (χ3v) is 5.62. The lowest BCUT2D eigenvalue weighted by molar-refractivity contribution is 0.0950. The molecule has 156 valence electrons. The quantitative estimate of drug-likeness (QED) is 0.539. The first kappa shape index (κ1) is 20.2. The molecule has 1 aliphatic heterocycles. The highest BCUT2D eigenvalue weighted by Crippen LogP contribution is 2.24. The number of anilines is 3. The first-order valence-electron chi connectivity index (χ1n) is 9.89. The highest BCUT2D eigenvalue weighted by Gasteiger charge is 2.12. The molecule has 1 saturated heterocycles. The summed E-state index contributed by atoms with van der Waals surface area (Å²) >= 11 is 1.40. The summed E-state index contributed by atoms with van der Waals surface area (Å²) in [5.74, 6) is 0.0433. The predicted molar refractivity (Wildman–Crippen MR) is 119 cm³/mol. The minimum absolute atomic E-state index is 0.194.